The van der Waals surface area contributed by atoms with E-state index in [4.69, 9.17) is 23.2 Å². The molecule has 3 aromatic carbocycles. The number of hydrogen-bond donors (Lipinski definition) is 1. The Bertz CT molecular complexity index is 1420. The van der Waals surface area contributed by atoms with Crippen molar-refractivity contribution in [2.75, 3.05) is 23.7 Å². The van der Waals surface area contributed by atoms with E-state index in [2.05, 4.69) is 5.32 Å². The zero-order chi connectivity index (χ0) is 29.4. The highest BCUT2D eigenvalue weighted by atomic mass is 35.5. The van der Waals surface area contributed by atoms with E-state index in [0.717, 1.165) is 28.3 Å². The van der Waals surface area contributed by atoms with Gasteiger partial charge in [0.15, 0.2) is 0 Å². The second kappa shape index (κ2) is 14.0. The van der Waals surface area contributed by atoms with Crippen LogP contribution in [0.25, 0.3) is 0 Å². The molecule has 0 saturated carbocycles. The van der Waals surface area contributed by atoms with Crippen molar-refractivity contribution >= 4 is 50.7 Å². The Hall–Kier alpha value is -3.14. The van der Waals surface area contributed by atoms with Crippen molar-refractivity contribution < 1.29 is 22.4 Å². The Morgan fingerprint density at radius 2 is 1.60 bits per heavy atom. The van der Waals surface area contributed by atoms with E-state index in [1.807, 2.05) is 44.2 Å². The highest BCUT2D eigenvalue weighted by Crippen LogP contribution is 2.25. The predicted octanol–water partition coefficient (Wildman–Crippen LogP) is 5.31. The van der Waals surface area contributed by atoms with E-state index in [1.165, 1.54) is 11.0 Å². The lowest BCUT2D eigenvalue weighted by Gasteiger charge is -2.33. The van der Waals surface area contributed by atoms with Crippen molar-refractivity contribution in [3.8, 4) is 0 Å². The average Bonchev–Trinajstić information content (AvgIpc) is 2.90. The Morgan fingerprint density at radius 3 is 2.17 bits per heavy atom. The minimum atomic E-state index is -3.99. The normalized spacial score (nSPS) is 12.2. The lowest BCUT2D eigenvalue weighted by molar-refractivity contribution is -0.140. The molecule has 0 fully saturated rings. The van der Waals surface area contributed by atoms with E-state index >= 15 is 0 Å². The molecule has 0 radical (unpaired) electrons. The summed E-state index contributed by atoms with van der Waals surface area (Å²) >= 11 is 12.0. The van der Waals surface area contributed by atoms with E-state index in [1.54, 1.807) is 24.3 Å². The number of nitrogens with zero attached hydrogens (tertiary/aromatic N) is 2. The van der Waals surface area contributed by atoms with E-state index in [0.29, 0.717) is 17.1 Å². The van der Waals surface area contributed by atoms with Crippen molar-refractivity contribution in [1.82, 2.24) is 10.2 Å². The zero-order valence-corrected chi connectivity index (χ0v) is 24.8. The van der Waals surface area contributed by atoms with Crippen LogP contribution in [0.1, 0.15) is 25.0 Å². The molecule has 0 aromatic heterocycles. The predicted molar refractivity (Wildman–Crippen MR) is 157 cm³/mol. The van der Waals surface area contributed by atoms with Crippen molar-refractivity contribution in [2.45, 2.75) is 32.9 Å². The van der Waals surface area contributed by atoms with Crippen molar-refractivity contribution in [1.29, 1.82) is 0 Å². The number of anilines is 1. The molecular weight excluding hydrogens is 576 g/mol. The van der Waals surface area contributed by atoms with E-state index in [-0.39, 0.29) is 35.5 Å². The summed E-state index contributed by atoms with van der Waals surface area (Å²) in [5, 5.41) is 3.14. The molecule has 0 aliphatic heterocycles. The second-order valence-corrected chi connectivity index (χ2v) is 12.6. The van der Waals surface area contributed by atoms with Gasteiger partial charge in [0.25, 0.3) is 0 Å². The van der Waals surface area contributed by atoms with E-state index in [9.17, 15) is 22.4 Å². The molecule has 1 N–H and O–H groups in total. The molecular formula is C29H32Cl2FN3O4S. The van der Waals surface area contributed by atoms with Crippen LogP contribution in [0.5, 0.6) is 0 Å². The van der Waals surface area contributed by atoms with Gasteiger partial charge in [-0.1, -0.05) is 79.5 Å². The summed E-state index contributed by atoms with van der Waals surface area (Å²) in [5.41, 5.74) is 1.55. The fourth-order valence-electron chi connectivity index (χ4n) is 4.02. The van der Waals surface area contributed by atoms with E-state index < -0.39 is 34.3 Å². The first-order chi connectivity index (χ1) is 18.8. The number of sulfonamides is 1. The number of hydrogen-bond acceptors (Lipinski definition) is 4. The largest absolute Gasteiger partial charge is 0.354 e. The fourth-order valence-corrected chi connectivity index (χ4v) is 5.16. The molecule has 1 atom stereocenters. The molecule has 0 heterocycles. The van der Waals surface area contributed by atoms with Crippen LogP contribution in [0.15, 0.2) is 72.8 Å². The molecule has 0 saturated heterocycles. The molecule has 0 aliphatic carbocycles. The molecule has 11 heteroatoms. The maximum Gasteiger partial charge on any atom is 0.244 e. The third-order valence-corrected chi connectivity index (χ3v) is 7.77. The van der Waals surface area contributed by atoms with Gasteiger partial charge >= 0.3 is 0 Å². The molecule has 214 valence electrons. The highest BCUT2D eigenvalue weighted by molar-refractivity contribution is 7.92. The number of amides is 2. The summed E-state index contributed by atoms with van der Waals surface area (Å²) in [5.74, 6) is -1.54. The van der Waals surface area contributed by atoms with Crippen LogP contribution in [-0.2, 0) is 32.6 Å². The third-order valence-electron chi connectivity index (χ3n) is 6.09. The quantitative estimate of drug-likeness (QED) is 0.302. The number of carbonyl (C=O) groups excluding carboxylic acids is 2. The summed E-state index contributed by atoms with van der Waals surface area (Å²) in [4.78, 5) is 28.9. The summed E-state index contributed by atoms with van der Waals surface area (Å²) in [6.45, 7) is 3.71. The van der Waals surface area contributed by atoms with Gasteiger partial charge in [0.1, 0.15) is 18.4 Å². The standard InChI is InChI=1S/C29H32Cl2FN3O4S/c1-20(2)17-33-29(37)27(15-21-7-5-4-6-8-21)34(18-22-9-11-23(30)12-10-22)28(36)19-35(40(3,38)39)24-13-14-26(32)25(31)16-24/h4-14,16,20,27H,15,17-19H2,1-3H3,(H,33,37)/t27-/m0/s1. The SMILES string of the molecule is CC(C)CNC(=O)[C@H](Cc1ccccc1)N(Cc1ccc(Cl)cc1)C(=O)CN(c1ccc(F)c(Cl)c1)S(C)(=O)=O. The average molecular weight is 609 g/mol. The lowest BCUT2D eigenvalue weighted by Crippen LogP contribution is -2.53. The van der Waals surface area contributed by atoms with Crippen LogP contribution in [0, 0.1) is 11.7 Å². The second-order valence-electron chi connectivity index (χ2n) is 9.86. The molecule has 0 unspecified atom stereocenters. The van der Waals surface area contributed by atoms with Crippen LogP contribution in [-0.4, -0.2) is 50.5 Å². The Kier molecular flexibility index (Phi) is 11.0. The van der Waals surface area contributed by atoms with Crippen LogP contribution >= 0.6 is 23.2 Å². The van der Waals surface area contributed by atoms with Crippen LogP contribution < -0.4 is 9.62 Å². The number of nitrogens with one attached hydrogen (secondary N) is 1. The van der Waals surface area contributed by atoms with Crippen LogP contribution in [0.4, 0.5) is 10.1 Å². The maximum absolute atomic E-state index is 14.0. The van der Waals surface area contributed by atoms with Gasteiger partial charge < -0.3 is 10.2 Å². The van der Waals surface area contributed by atoms with Gasteiger partial charge in [-0.05, 0) is 47.4 Å². The van der Waals surface area contributed by atoms with Crippen molar-refractivity contribution in [2.24, 2.45) is 5.92 Å². The minimum Gasteiger partial charge on any atom is -0.354 e. The van der Waals surface area contributed by atoms with Gasteiger partial charge in [0.2, 0.25) is 21.8 Å². The molecule has 3 rings (SSSR count). The fraction of sp³-hybridized carbons (Fsp3) is 0.310. The van der Waals surface area contributed by atoms with Gasteiger partial charge in [-0.2, -0.15) is 0 Å². The van der Waals surface area contributed by atoms with Gasteiger partial charge in [-0.15, -0.1) is 0 Å². The summed E-state index contributed by atoms with van der Waals surface area (Å²) in [6, 6.07) is 18.5. The molecule has 0 bridgehead atoms. The first kappa shape index (κ1) is 31.4. The first-order valence-corrected chi connectivity index (χ1v) is 15.2. The Morgan fingerprint density at radius 1 is 0.950 bits per heavy atom. The van der Waals surface area contributed by atoms with Crippen molar-refractivity contribution in [3.63, 3.8) is 0 Å². The zero-order valence-electron chi connectivity index (χ0n) is 22.5. The minimum absolute atomic E-state index is 0.0182. The molecule has 0 aliphatic rings. The summed E-state index contributed by atoms with van der Waals surface area (Å²) < 4.78 is 40.2. The number of benzene rings is 3. The Labute approximate surface area is 244 Å². The topological polar surface area (TPSA) is 86.8 Å². The van der Waals surface area contributed by atoms with Gasteiger partial charge in [0.05, 0.1) is 17.0 Å². The van der Waals surface area contributed by atoms with Gasteiger partial charge in [-0.3, -0.25) is 13.9 Å². The monoisotopic (exact) mass is 607 g/mol. The number of halogens is 3. The first-order valence-electron chi connectivity index (χ1n) is 12.6. The number of rotatable bonds is 12. The molecule has 0 spiro atoms. The molecule has 40 heavy (non-hydrogen) atoms. The highest BCUT2D eigenvalue weighted by Gasteiger charge is 2.33. The van der Waals surface area contributed by atoms with Crippen molar-refractivity contribution in [3.05, 3.63) is 99.8 Å². The van der Waals surface area contributed by atoms with Crippen LogP contribution in [0.3, 0.4) is 0 Å². The van der Waals surface area contributed by atoms with Gasteiger partial charge in [-0.25, -0.2) is 12.8 Å². The number of carbonyl (C=O) groups is 2. The summed E-state index contributed by atoms with van der Waals surface area (Å²) in [6.07, 6.45) is 1.14. The molecule has 3 aromatic rings. The molecule has 2 amide bonds. The maximum atomic E-state index is 14.0. The third kappa shape index (κ3) is 8.94. The lowest BCUT2D eigenvalue weighted by atomic mass is 10.0. The van der Waals surface area contributed by atoms with Crippen LogP contribution in [0.2, 0.25) is 10.0 Å². The smallest absolute Gasteiger partial charge is 0.244 e. The van der Waals surface area contributed by atoms with Gasteiger partial charge in [0, 0.05) is 24.5 Å². The Balaban J connectivity index is 2.05. The molecule has 7 nitrogen and oxygen atoms in total. The summed E-state index contributed by atoms with van der Waals surface area (Å²) in [7, 11) is -3.99.